The van der Waals surface area contributed by atoms with Gasteiger partial charge in [0.1, 0.15) is 8.81 Å². The Hall–Kier alpha value is -0.720. The number of H-pyrrole nitrogens is 1. The molecule has 0 saturated carbocycles. The van der Waals surface area contributed by atoms with Crippen molar-refractivity contribution in [2.45, 2.75) is 6.92 Å². The minimum Gasteiger partial charge on any atom is -0.304 e. The summed E-state index contributed by atoms with van der Waals surface area (Å²) in [6, 6.07) is 0. The van der Waals surface area contributed by atoms with E-state index in [1.807, 2.05) is 0 Å². The number of rotatable bonds is 1. The first kappa shape index (κ1) is 10.8. The average molecular weight is 307 g/mol. The van der Waals surface area contributed by atoms with E-state index < -0.39 is 0 Å². The van der Waals surface area contributed by atoms with Crippen LogP contribution in [0.15, 0.2) is 15.5 Å². The van der Waals surface area contributed by atoms with Gasteiger partial charge in [-0.05, 0) is 22.9 Å². The Bertz CT molecular complexity index is 565. The number of hydrogen-bond donors (Lipinski definition) is 1. The van der Waals surface area contributed by atoms with Crippen LogP contribution in [0.25, 0.3) is 10.8 Å². The Kier molecular flexibility index (Phi) is 2.90. The van der Waals surface area contributed by atoms with Crippen molar-refractivity contribution in [1.29, 1.82) is 0 Å². The van der Waals surface area contributed by atoms with Crippen LogP contribution in [0.5, 0.6) is 0 Å². The maximum Gasteiger partial charge on any atom is 0.265 e. The molecule has 0 radical (unpaired) electrons. The van der Waals surface area contributed by atoms with E-state index in [1.54, 1.807) is 6.92 Å². The molecule has 2 aromatic heterocycles. The van der Waals surface area contributed by atoms with Crippen molar-refractivity contribution in [2.75, 3.05) is 0 Å². The van der Waals surface area contributed by atoms with Gasteiger partial charge >= 0.3 is 0 Å². The lowest BCUT2D eigenvalue weighted by Crippen LogP contribution is -2.11. The fourth-order valence-electron chi connectivity index (χ4n) is 1.04. The molecular weight excluding hydrogens is 302 g/mol. The number of aromatic amines is 1. The maximum atomic E-state index is 11.4. The lowest BCUT2D eigenvalue weighted by Gasteiger charge is -1.99. The third-order valence-electron chi connectivity index (χ3n) is 1.71. The lowest BCUT2D eigenvalue weighted by molar-refractivity contribution is 1.05. The molecule has 0 aliphatic heterocycles. The molecule has 0 fully saturated rings. The SMILES string of the molecule is Cc1nc(-c2ncc(Cl)s2)[nH]c(=O)c1Br. The number of hydrogen-bond acceptors (Lipinski definition) is 4. The Morgan fingerprint density at radius 2 is 2.33 bits per heavy atom. The van der Waals surface area contributed by atoms with E-state index in [-0.39, 0.29) is 5.56 Å². The molecule has 0 bridgehead atoms. The van der Waals surface area contributed by atoms with Crippen LogP contribution in [0.3, 0.4) is 0 Å². The molecule has 0 aromatic carbocycles. The molecule has 4 nitrogen and oxygen atoms in total. The number of thiazole rings is 1. The van der Waals surface area contributed by atoms with Crippen LogP contribution in [0.4, 0.5) is 0 Å². The van der Waals surface area contributed by atoms with E-state index in [0.717, 1.165) is 0 Å². The average Bonchev–Trinajstić information content (AvgIpc) is 2.60. The molecule has 0 saturated heterocycles. The summed E-state index contributed by atoms with van der Waals surface area (Å²) >= 11 is 10.2. The fraction of sp³-hybridized carbons (Fsp3) is 0.125. The van der Waals surface area contributed by atoms with Crippen LogP contribution in [0.2, 0.25) is 4.34 Å². The zero-order chi connectivity index (χ0) is 11.0. The molecule has 78 valence electrons. The molecule has 0 spiro atoms. The summed E-state index contributed by atoms with van der Waals surface area (Å²) in [5.41, 5.74) is 0.406. The van der Waals surface area contributed by atoms with Crippen LogP contribution in [-0.4, -0.2) is 15.0 Å². The predicted molar refractivity (Wildman–Crippen MR) is 63.4 cm³/mol. The summed E-state index contributed by atoms with van der Waals surface area (Å²) < 4.78 is 1.00. The van der Waals surface area contributed by atoms with Crippen LogP contribution < -0.4 is 5.56 Å². The summed E-state index contributed by atoms with van der Waals surface area (Å²) in [5, 5.41) is 0.604. The first-order chi connectivity index (χ1) is 7.08. The van der Waals surface area contributed by atoms with Gasteiger partial charge in [0.25, 0.3) is 5.56 Å². The molecule has 0 unspecified atom stereocenters. The zero-order valence-corrected chi connectivity index (χ0v) is 10.7. The summed E-state index contributed by atoms with van der Waals surface area (Å²) in [6.45, 7) is 1.75. The third-order valence-corrected chi connectivity index (χ3v) is 3.76. The van der Waals surface area contributed by atoms with Gasteiger partial charge in [-0.25, -0.2) is 9.97 Å². The molecule has 7 heteroatoms. The van der Waals surface area contributed by atoms with E-state index in [2.05, 4.69) is 30.9 Å². The van der Waals surface area contributed by atoms with E-state index in [4.69, 9.17) is 11.6 Å². The highest BCUT2D eigenvalue weighted by Gasteiger charge is 2.09. The quantitative estimate of drug-likeness (QED) is 0.881. The predicted octanol–water partition coefficient (Wildman–Crippen LogP) is 2.62. The molecular formula is C8H5BrClN3OS. The van der Waals surface area contributed by atoms with Gasteiger partial charge in [-0.2, -0.15) is 0 Å². The minimum atomic E-state index is -0.219. The summed E-state index contributed by atoms with van der Waals surface area (Å²) in [5.74, 6) is 0.442. The topological polar surface area (TPSA) is 58.6 Å². The molecule has 2 rings (SSSR count). The number of nitrogens with one attached hydrogen (secondary N) is 1. The Morgan fingerprint density at radius 1 is 1.60 bits per heavy atom. The van der Waals surface area contributed by atoms with Crippen molar-refractivity contribution in [3.63, 3.8) is 0 Å². The van der Waals surface area contributed by atoms with Crippen LogP contribution in [0.1, 0.15) is 5.69 Å². The van der Waals surface area contributed by atoms with Crippen LogP contribution in [0, 0.1) is 6.92 Å². The Morgan fingerprint density at radius 3 is 2.87 bits per heavy atom. The van der Waals surface area contributed by atoms with Gasteiger partial charge in [0.05, 0.1) is 11.9 Å². The second-order valence-corrected chi connectivity index (χ2v) is 5.24. The Balaban J connectivity index is 2.60. The highest BCUT2D eigenvalue weighted by molar-refractivity contribution is 9.10. The summed E-state index contributed by atoms with van der Waals surface area (Å²) in [7, 11) is 0. The number of halogens is 2. The van der Waals surface area contributed by atoms with Gasteiger partial charge in [0, 0.05) is 0 Å². The molecule has 1 N–H and O–H groups in total. The third kappa shape index (κ3) is 2.11. The normalized spacial score (nSPS) is 10.6. The van der Waals surface area contributed by atoms with E-state index in [9.17, 15) is 4.79 Å². The summed E-state index contributed by atoms with van der Waals surface area (Å²) in [6.07, 6.45) is 1.53. The second kappa shape index (κ2) is 4.03. The highest BCUT2D eigenvalue weighted by Crippen LogP contribution is 2.25. The lowest BCUT2D eigenvalue weighted by atomic mass is 10.4. The van der Waals surface area contributed by atoms with Gasteiger partial charge < -0.3 is 4.98 Å². The van der Waals surface area contributed by atoms with Gasteiger partial charge in [0.15, 0.2) is 10.8 Å². The first-order valence-electron chi connectivity index (χ1n) is 3.96. The van der Waals surface area contributed by atoms with E-state index in [1.165, 1.54) is 17.5 Å². The second-order valence-electron chi connectivity index (χ2n) is 2.78. The molecule has 0 aliphatic rings. The minimum absolute atomic E-state index is 0.219. The summed E-state index contributed by atoms with van der Waals surface area (Å²) in [4.78, 5) is 22.3. The monoisotopic (exact) mass is 305 g/mol. The fourth-order valence-corrected chi connectivity index (χ4v) is 2.08. The Labute approximate surface area is 102 Å². The van der Waals surface area contributed by atoms with Crippen LogP contribution >= 0.6 is 38.9 Å². The zero-order valence-electron chi connectivity index (χ0n) is 7.54. The van der Waals surface area contributed by atoms with Crippen molar-refractivity contribution in [2.24, 2.45) is 0 Å². The largest absolute Gasteiger partial charge is 0.304 e. The van der Waals surface area contributed by atoms with Gasteiger partial charge in [-0.15, -0.1) is 0 Å². The van der Waals surface area contributed by atoms with Gasteiger partial charge in [0.2, 0.25) is 0 Å². The van der Waals surface area contributed by atoms with Crippen LogP contribution in [-0.2, 0) is 0 Å². The van der Waals surface area contributed by atoms with Gasteiger partial charge in [-0.1, -0.05) is 22.9 Å². The number of aryl methyl sites for hydroxylation is 1. The number of nitrogens with zero attached hydrogens (tertiary/aromatic N) is 2. The van der Waals surface area contributed by atoms with Crippen molar-refractivity contribution < 1.29 is 0 Å². The molecule has 2 heterocycles. The van der Waals surface area contributed by atoms with Crippen molar-refractivity contribution in [1.82, 2.24) is 15.0 Å². The standard InChI is InChI=1S/C8H5BrClN3OS/c1-3-5(9)7(14)13-6(12-3)8-11-2-4(10)15-8/h2H,1H3,(H,12,13,14). The first-order valence-corrected chi connectivity index (χ1v) is 5.95. The number of aromatic nitrogens is 3. The molecule has 0 atom stereocenters. The van der Waals surface area contributed by atoms with Crippen molar-refractivity contribution in [3.8, 4) is 10.8 Å². The van der Waals surface area contributed by atoms with Crippen molar-refractivity contribution >= 4 is 38.9 Å². The van der Waals surface area contributed by atoms with Crippen molar-refractivity contribution in [3.05, 3.63) is 31.1 Å². The molecule has 2 aromatic rings. The maximum absolute atomic E-state index is 11.4. The smallest absolute Gasteiger partial charge is 0.265 e. The van der Waals surface area contributed by atoms with Gasteiger partial charge in [-0.3, -0.25) is 4.79 Å². The molecule has 15 heavy (non-hydrogen) atoms. The molecule has 0 amide bonds. The highest BCUT2D eigenvalue weighted by atomic mass is 79.9. The molecule has 0 aliphatic carbocycles. The van der Waals surface area contributed by atoms with E-state index in [0.29, 0.717) is 25.3 Å². The van der Waals surface area contributed by atoms with E-state index >= 15 is 0 Å².